The second-order valence-electron chi connectivity index (χ2n) is 7.22. The van der Waals surface area contributed by atoms with E-state index in [0.29, 0.717) is 0 Å². The molecule has 1 saturated heterocycles. The second kappa shape index (κ2) is 8.26. The van der Waals surface area contributed by atoms with Gasteiger partial charge in [-0.2, -0.15) is 5.10 Å². The maximum Gasteiger partial charge on any atom is 0.0843 e. The van der Waals surface area contributed by atoms with Gasteiger partial charge in [-0.1, -0.05) is 54.1 Å². The van der Waals surface area contributed by atoms with Crippen LogP contribution >= 0.6 is 11.6 Å². The van der Waals surface area contributed by atoms with Gasteiger partial charge in [-0.25, -0.2) is 0 Å². The lowest BCUT2D eigenvalue weighted by molar-refractivity contribution is 0.121. The van der Waals surface area contributed by atoms with Crippen molar-refractivity contribution in [3.05, 3.63) is 76.6 Å². The van der Waals surface area contributed by atoms with Gasteiger partial charge in [0.2, 0.25) is 0 Å². The molecule has 1 N–H and O–H groups in total. The first-order valence-corrected chi connectivity index (χ1v) is 9.85. The molecule has 1 aliphatic heterocycles. The van der Waals surface area contributed by atoms with E-state index in [4.69, 9.17) is 11.6 Å². The number of nitrogens with one attached hydrogen (secondary N) is 1. The van der Waals surface area contributed by atoms with E-state index in [0.717, 1.165) is 55.7 Å². The molecular weight excluding hydrogens is 356 g/mol. The van der Waals surface area contributed by atoms with Gasteiger partial charge >= 0.3 is 0 Å². The first kappa shape index (κ1) is 18.2. The summed E-state index contributed by atoms with van der Waals surface area (Å²) >= 11 is 5.98. The Hall–Kier alpha value is -2.14. The minimum absolute atomic E-state index is 0.798. The van der Waals surface area contributed by atoms with Crippen molar-refractivity contribution >= 4 is 11.6 Å². The Balaban J connectivity index is 1.37. The molecule has 0 spiro atoms. The van der Waals surface area contributed by atoms with Crippen LogP contribution in [0, 0.1) is 6.92 Å². The Morgan fingerprint density at radius 2 is 1.52 bits per heavy atom. The van der Waals surface area contributed by atoms with Gasteiger partial charge in [-0.05, 0) is 30.2 Å². The Labute approximate surface area is 165 Å². The zero-order valence-corrected chi connectivity index (χ0v) is 16.4. The highest BCUT2D eigenvalue weighted by Gasteiger charge is 2.20. The molecule has 2 aromatic carbocycles. The van der Waals surface area contributed by atoms with Gasteiger partial charge < -0.3 is 0 Å². The second-order valence-corrected chi connectivity index (χ2v) is 7.65. The van der Waals surface area contributed by atoms with Gasteiger partial charge in [0.25, 0.3) is 0 Å². The van der Waals surface area contributed by atoms with Crippen LogP contribution in [0.4, 0.5) is 0 Å². The molecule has 1 aromatic heterocycles. The molecule has 140 valence electrons. The van der Waals surface area contributed by atoms with Crippen LogP contribution in [0.25, 0.3) is 11.1 Å². The fourth-order valence-corrected chi connectivity index (χ4v) is 3.87. The van der Waals surface area contributed by atoms with Crippen molar-refractivity contribution < 1.29 is 0 Å². The Morgan fingerprint density at radius 1 is 0.889 bits per heavy atom. The molecule has 4 nitrogen and oxygen atoms in total. The molecule has 4 rings (SSSR count). The average molecular weight is 381 g/mol. The van der Waals surface area contributed by atoms with Crippen LogP contribution in [0.2, 0.25) is 5.02 Å². The maximum absolute atomic E-state index is 5.98. The highest BCUT2D eigenvalue weighted by molar-refractivity contribution is 6.30. The third-order valence-corrected chi connectivity index (χ3v) is 5.49. The van der Waals surface area contributed by atoms with Gasteiger partial charge in [-0.3, -0.25) is 14.9 Å². The number of nitrogens with zero attached hydrogens (tertiary/aromatic N) is 3. The molecular formula is C22H25ClN4. The largest absolute Gasteiger partial charge is 0.297 e. The summed E-state index contributed by atoms with van der Waals surface area (Å²) in [5, 5.41) is 8.56. The predicted octanol–water partition coefficient (Wildman–Crippen LogP) is 4.36. The summed E-state index contributed by atoms with van der Waals surface area (Å²) in [4.78, 5) is 5.01. The number of aryl methyl sites for hydroxylation is 1. The summed E-state index contributed by atoms with van der Waals surface area (Å²) in [5.74, 6) is 0. The molecule has 0 atom stereocenters. The van der Waals surface area contributed by atoms with Crippen LogP contribution in [0.3, 0.4) is 0 Å². The van der Waals surface area contributed by atoms with E-state index in [1.165, 1.54) is 16.7 Å². The normalized spacial score (nSPS) is 15.9. The van der Waals surface area contributed by atoms with E-state index in [1.54, 1.807) is 0 Å². The molecule has 0 bridgehead atoms. The van der Waals surface area contributed by atoms with E-state index in [1.807, 2.05) is 12.1 Å². The molecule has 1 aliphatic rings. The number of halogens is 1. The number of benzene rings is 2. The topological polar surface area (TPSA) is 35.2 Å². The lowest BCUT2D eigenvalue weighted by Crippen LogP contribution is -2.45. The number of aromatic nitrogens is 2. The van der Waals surface area contributed by atoms with Crippen LogP contribution in [0.15, 0.2) is 54.6 Å². The van der Waals surface area contributed by atoms with Gasteiger partial charge in [0.1, 0.15) is 0 Å². The molecule has 0 saturated carbocycles. The Bertz CT molecular complexity index is 865. The van der Waals surface area contributed by atoms with Crippen LogP contribution in [-0.4, -0.2) is 46.2 Å². The van der Waals surface area contributed by atoms with E-state index >= 15 is 0 Å². The van der Waals surface area contributed by atoms with Crippen molar-refractivity contribution in [2.45, 2.75) is 20.0 Å². The molecule has 1 fully saturated rings. The maximum atomic E-state index is 5.98. The number of hydrogen-bond acceptors (Lipinski definition) is 3. The van der Waals surface area contributed by atoms with Gasteiger partial charge in [0.15, 0.2) is 0 Å². The molecule has 0 radical (unpaired) electrons. The summed E-state index contributed by atoms with van der Waals surface area (Å²) in [6, 6.07) is 18.7. The van der Waals surface area contributed by atoms with E-state index in [-0.39, 0.29) is 0 Å². The first-order valence-electron chi connectivity index (χ1n) is 9.47. The quantitative estimate of drug-likeness (QED) is 0.714. The molecule has 27 heavy (non-hydrogen) atoms. The molecule has 3 aromatic rings. The van der Waals surface area contributed by atoms with Crippen molar-refractivity contribution in [3.8, 4) is 11.1 Å². The third-order valence-electron chi connectivity index (χ3n) is 5.24. The lowest BCUT2D eigenvalue weighted by Gasteiger charge is -2.34. The number of H-pyrrole nitrogens is 1. The summed E-state index contributed by atoms with van der Waals surface area (Å²) in [6.45, 7) is 8.26. The van der Waals surface area contributed by atoms with Gasteiger partial charge in [0.05, 0.1) is 5.69 Å². The minimum atomic E-state index is 0.798. The zero-order valence-electron chi connectivity index (χ0n) is 15.7. The summed E-state index contributed by atoms with van der Waals surface area (Å²) < 4.78 is 0. The van der Waals surface area contributed by atoms with Crippen molar-refractivity contribution in [2.75, 3.05) is 26.2 Å². The van der Waals surface area contributed by atoms with E-state index < -0.39 is 0 Å². The van der Waals surface area contributed by atoms with Gasteiger partial charge in [-0.15, -0.1) is 0 Å². The fourth-order valence-electron chi connectivity index (χ4n) is 3.75. The monoisotopic (exact) mass is 380 g/mol. The standard InChI is InChI=1S/C22H25ClN4/c1-17-22(19-5-3-2-4-6-19)21(25-24-17)16-27-13-11-26(12-14-27)15-18-7-9-20(23)10-8-18/h2-10H,11-16H2,1H3,(H,24,25). The van der Waals surface area contributed by atoms with Crippen LogP contribution in [-0.2, 0) is 13.1 Å². The van der Waals surface area contributed by atoms with Gasteiger partial charge in [0, 0.05) is 55.5 Å². The highest BCUT2D eigenvalue weighted by Crippen LogP contribution is 2.26. The number of piperazine rings is 1. The summed E-state index contributed by atoms with van der Waals surface area (Å²) in [7, 11) is 0. The predicted molar refractivity (Wildman–Crippen MR) is 111 cm³/mol. The Kier molecular flexibility index (Phi) is 5.58. The molecule has 0 amide bonds. The van der Waals surface area contributed by atoms with Crippen LogP contribution in [0.5, 0.6) is 0 Å². The minimum Gasteiger partial charge on any atom is -0.297 e. The van der Waals surface area contributed by atoms with Crippen LogP contribution in [0.1, 0.15) is 17.0 Å². The smallest absolute Gasteiger partial charge is 0.0843 e. The Morgan fingerprint density at radius 3 is 2.19 bits per heavy atom. The fraction of sp³-hybridized carbons (Fsp3) is 0.318. The molecule has 2 heterocycles. The third kappa shape index (κ3) is 4.41. The highest BCUT2D eigenvalue weighted by atomic mass is 35.5. The summed E-state index contributed by atoms with van der Waals surface area (Å²) in [6.07, 6.45) is 0. The molecule has 0 aliphatic carbocycles. The first-order chi connectivity index (χ1) is 13.2. The number of rotatable bonds is 5. The molecule has 5 heteroatoms. The summed E-state index contributed by atoms with van der Waals surface area (Å²) in [5.41, 5.74) is 6.09. The van der Waals surface area contributed by atoms with Crippen molar-refractivity contribution in [3.63, 3.8) is 0 Å². The zero-order chi connectivity index (χ0) is 18.6. The molecule has 0 unspecified atom stereocenters. The lowest BCUT2D eigenvalue weighted by atomic mass is 10.0. The van der Waals surface area contributed by atoms with E-state index in [2.05, 4.69) is 69.4 Å². The van der Waals surface area contributed by atoms with Crippen LogP contribution < -0.4 is 0 Å². The average Bonchev–Trinajstić information content (AvgIpc) is 3.06. The number of aromatic amines is 1. The van der Waals surface area contributed by atoms with E-state index in [9.17, 15) is 0 Å². The van der Waals surface area contributed by atoms with Crippen molar-refractivity contribution in [2.24, 2.45) is 0 Å². The SMILES string of the molecule is Cc1[nH]nc(CN2CCN(Cc3ccc(Cl)cc3)CC2)c1-c1ccccc1. The number of hydrogen-bond donors (Lipinski definition) is 1. The van der Waals surface area contributed by atoms with Crippen molar-refractivity contribution in [1.29, 1.82) is 0 Å². The van der Waals surface area contributed by atoms with Crippen molar-refractivity contribution in [1.82, 2.24) is 20.0 Å².